The van der Waals surface area contributed by atoms with Crippen molar-refractivity contribution in [1.29, 1.82) is 0 Å². The normalized spacial score (nSPS) is 17.6. The van der Waals surface area contributed by atoms with Crippen LogP contribution >= 0.6 is 11.3 Å². The second-order valence-corrected chi connectivity index (χ2v) is 5.70. The zero-order valence-electron chi connectivity index (χ0n) is 11.0. The first-order valence-corrected chi connectivity index (χ1v) is 7.47. The van der Waals surface area contributed by atoms with E-state index in [1.54, 1.807) is 4.90 Å². The number of fused-ring (bicyclic) bond motifs is 1. The molecule has 20 heavy (non-hydrogen) atoms. The summed E-state index contributed by atoms with van der Waals surface area (Å²) < 4.78 is 0. The van der Waals surface area contributed by atoms with Gasteiger partial charge in [0.2, 0.25) is 0 Å². The molecule has 2 amide bonds. The van der Waals surface area contributed by atoms with Crippen LogP contribution in [0.2, 0.25) is 0 Å². The molecule has 0 fully saturated rings. The number of hydrogen-bond donors (Lipinski definition) is 2. The number of benzene rings is 1. The average molecular weight is 288 g/mol. The highest BCUT2D eigenvalue weighted by Crippen LogP contribution is 2.30. The highest BCUT2D eigenvalue weighted by atomic mass is 32.1. The molecule has 3 rings (SSSR count). The van der Waals surface area contributed by atoms with E-state index in [-0.39, 0.29) is 18.7 Å². The molecule has 0 radical (unpaired) electrons. The lowest BCUT2D eigenvalue weighted by Crippen LogP contribution is -2.43. The Bertz CT molecular complexity index is 598. The molecular formula is C15H16N2O2S. The minimum atomic E-state index is -0.264. The molecule has 1 atom stereocenters. The van der Waals surface area contributed by atoms with E-state index < -0.39 is 0 Å². The van der Waals surface area contributed by atoms with Gasteiger partial charge in [0.05, 0.1) is 17.6 Å². The summed E-state index contributed by atoms with van der Waals surface area (Å²) in [6, 6.07) is 11.3. The second kappa shape index (κ2) is 5.64. The zero-order chi connectivity index (χ0) is 13.9. The Morgan fingerprint density at radius 2 is 2.20 bits per heavy atom. The van der Waals surface area contributed by atoms with Crippen molar-refractivity contribution in [1.82, 2.24) is 4.90 Å². The van der Waals surface area contributed by atoms with E-state index in [0.717, 1.165) is 17.0 Å². The highest BCUT2D eigenvalue weighted by Gasteiger charge is 2.30. The molecule has 2 aromatic rings. The van der Waals surface area contributed by atoms with Gasteiger partial charge in [0.15, 0.2) is 0 Å². The van der Waals surface area contributed by atoms with Gasteiger partial charge in [0.1, 0.15) is 0 Å². The zero-order valence-corrected chi connectivity index (χ0v) is 11.8. The molecule has 1 aromatic carbocycles. The van der Waals surface area contributed by atoms with Crippen LogP contribution in [0.4, 0.5) is 9.80 Å². The van der Waals surface area contributed by atoms with Gasteiger partial charge in [-0.2, -0.15) is 0 Å². The number of rotatable bonds is 2. The molecule has 0 saturated carbocycles. The number of nitrogens with zero attached hydrogens (tertiary/aromatic N) is 1. The van der Waals surface area contributed by atoms with Gasteiger partial charge in [-0.3, -0.25) is 5.32 Å². The summed E-state index contributed by atoms with van der Waals surface area (Å²) in [7, 11) is 0. The van der Waals surface area contributed by atoms with Crippen LogP contribution in [0.5, 0.6) is 0 Å². The number of nitrogens with one attached hydrogen (secondary N) is 1. The smallest absolute Gasteiger partial charge is 0.323 e. The molecule has 2 N–H and O–H groups in total. The third-order valence-corrected chi connectivity index (χ3v) is 4.38. The number of anilines is 1. The third kappa shape index (κ3) is 2.42. The van der Waals surface area contributed by atoms with Crippen molar-refractivity contribution in [3.63, 3.8) is 0 Å². The maximum Gasteiger partial charge on any atom is 0.323 e. The molecule has 1 aliphatic heterocycles. The molecule has 104 valence electrons. The Hall–Kier alpha value is -1.85. The van der Waals surface area contributed by atoms with Crippen molar-refractivity contribution in [2.75, 3.05) is 18.5 Å². The first-order valence-electron chi connectivity index (χ1n) is 6.59. The summed E-state index contributed by atoms with van der Waals surface area (Å²) >= 11 is 1.49. The average Bonchev–Trinajstić information content (AvgIpc) is 2.98. The van der Waals surface area contributed by atoms with Gasteiger partial charge in [0.25, 0.3) is 0 Å². The molecular weight excluding hydrogens is 272 g/mol. The first-order chi connectivity index (χ1) is 9.79. The van der Waals surface area contributed by atoms with Crippen molar-refractivity contribution in [2.45, 2.75) is 12.5 Å². The van der Waals surface area contributed by atoms with Crippen LogP contribution in [0.25, 0.3) is 0 Å². The fraction of sp³-hybridized carbons (Fsp3) is 0.267. The van der Waals surface area contributed by atoms with Crippen LogP contribution in [0.15, 0.2) is 41.8 Å². The van der Waals surface area contributed by atoms with Gasteiger partial charge in [-0.25, -0.2) is 4.79 Å². The Balaban J connectivity index is 1.82. The Morgan fingerprint density at radius 1 is 1.35 bits per heavy atom. The molecule has 0 aliphatic carbocycles. The summed E-state index contributed by atoms with van der Waals surface area (Å²) in [5.74, 6) is 0. The van der Waals surface area contributed by atoms with Gasteiger partial charge < -0.3 is 10.0 Å². The number of thiophene rings is 1. The number of aliphatic hydroxyl groups excluding tert-OH is 1. The predicted molar refractivity (Wildman–Crippen MR) is 80.0 cm³/mol. The van der Waals surface area contributed by atoms with Gasteiger partial charge >= 0.3 is 6.03 Å². The minimum Gasteiger partial charge on any atom is -0.394 e. The van der Waals surface area contributed by atoms with E-state index in [4.69, 9.17) is 0 Å². The highest BCUT2D eigenvalue weighted by molar-refractivity contribution is 7.14. The first kappa shape index (κ1) is 13.1. The van der Waals surface area contributed by atoms with Gasteiger partial charge in [0, 0.05) is 6.54 Å². The number of carbonyl (C=O) groups excluding carboxylic acids is 1. The molecule has 1 aromatic heterocycles. The van der Waals surface area contributed by atoms with Crippen LogP contribution in [0.1, 0.15) is 17.2 Å². The number of hydrogen-bond acceptors (Lipinski definition) is 3. The molecule has 0 spiro atoms. The topological polar surface area (TPSA) is 52.6 Å². The minimum absolute atomic E-state index is 0.0606. The summed E-state index contributed by atoms with van der Waals surface area (Å²) in [5.41, 5.74) is 2.26. The summed E-state index contributed by atoms with van der Waals surface area (Å²) in [6.07, 6.45) is 0.824. The van der Waals surface area contributed by atoms with Crippen molar-refractivity contribution in [3.05, 3.63) is 52.9 Å². The SMILES string of the molecule is O=C(Nc1cccs1)N1CCc2ccccc2C1CO. The second-order valence-electron chi connectivity index (χ2n) is 4.75. The maximum absolute atomic E-state index is 12.4. The lowest BCUT2D eigenvalue weighted by Gasteiger charge is -2.36. The summed E-state index contributed by atoms with van der Waals surface area (Å²) in [5, 5.41) is 15.3. The molecule has 2 heterocycles. The van der Waals surface area contributed by atoms with Gasteiger partial charge in [-0.1, -0.05) is 24.3 Å². The lowest BCUT2D eigenvalue weighted by atomic mass is 9.93. The number of urea groups is 1. The summed E-state index contributed by atoms with van der Waals surface area (Å²) in [6.45, 7) is 0.564. The van der Waals surface area contributed by atoms with E-state index >= 15 is 0 Å². The van der Waals surface area contributed by atoms with Crippen molar-refractivity contribution < 1.29 is 9.90 Å². The number of amides is 2. The molecule has 1 unspecified atom stereocenters. The maximum atomic E-state index is 12.4. The van der Waals surface area contributed by atoms with Crippen LogP contribution in [-0.2, 0) is 6.42 Å². The van der Waals surface area contributed by atoms with Crippen molar-refractivity contribution in [2.24, 2.45) is 0 Å². The van der Waals surface area contributed by atoms with Gasteiger partial charge in [-0.05, 0) is 35.1 Å². The van der Waals surface area contributed by atoms with Crippen molar-refractivity contribution >= 4 is 22.4 Å². The van der Waals surface area contributed by atoms with Crippen LogP contribution in [0, 0.1) is 0 Å². The van der Waals surface area contributed by atoms with E-state index in [0.29, 0.717) is 6.54 Å². The number of carbonyl (C=O) groups is 1. The van der Waals surface area contributed by atoms with Crippen LogP contribution < -0.4 is 5.32 Å². The van der Waals surface area contributed by atoms with E-state index in [1.165, 1.54) is 16.9 Å². The molecule has 0 bridgehead atoms. The predicted octanol–water partition coefficient (Wildman–Crippen LogP) is 2.87. The van der Waals surface area contributed by atoms with Crippen molar-refractivity contribution in [3.8, 4) is 0 Å². The largest absolute Gasteiger partial charge is 0.394 e. The Kier molecular flexibility index (Phi) is 3.71. The number of aliphatic hydroxyl groups is 1. The third-order valence-electron chi connectivity index (χ3n) is 3.60. The van der Waals surface area contributed by atoms with E-state index in [2.05, 4.69) is 11.4 Å². The monoisotopic (exact) mass is 288 g/mol. The van der Waals surface area contributed by atoms with Crippen LogP contribution in [0.3, 0.4) is 0 Å². The Labute approximate surface area is 121 Å². The Morgan fingerprint density at radius 3 is 2.95 bits per heavy atom. The van der Waals surface area contributed by atoms with Gasteiger partial charge in [-0.15, -0.1) is 11.3 Å². The quantitative estimate of drug-likeness (QED) is 0.893. The fourth-order valence-corrected chi connectivity index (χ4v) is 3.23. The lowest BCUT2D eigenvalue weighted by molar-refractivity contribution is 0.135. The fourth-order valence-electron chi connectivity index (χ4n) is 2.62. The molecule has 5 heteroatoms. The van der Waals surface area contributed by atoms with E-state index in [1.807, 2.05) is 35.7 Å². The summed E-state index contributed by atoms with van der Waals surface area (Å²) in [4.78, 5) is 14.1. The van der Waals surface area contributed by atoms with Crippen LogP contribution in [-0.4, -0.2) is 29.2 Å². The molecule has 1 aliphatic rings. The molecule has 0 saturated heterocycles. The standard InChI is InChI=1S/C15H16N2O2S/c18-10-13-12-5-2-1-4-11(12)7-8-17(13)15(19)16-14-6-3-9-20-14/h1-6,9,13,18H,7-8,10H2,(H,16,19). The molecule has 4 nitrogen and oxygen atoms in total. The van der Waals surface area contributed by atoms with E-state index in [9.17, 15) is 9.90 Å².